The number of halogens is 2. The summed E-state index contributed by atoms with van der Waals surface area (Å²) in [5, 5.41) is 0.388. The van der Waals surface area contributed by atoms with Crippen molar-refractivity contribution in [2.24, 2.45) is 5.73 Å². The van der Waals surface area contributed by atoms with E-state index in [4.69, 9.17) is 28.9 Å². The summed E-state index contributed by atoms with van der Waals surface area (Å²) in [4.78, 5) is 7.49. The molecule has 68 valence electrons. The van der Waals surface area contributed by atoms with Gasteiger partial charge in [0.2, 0.25) is 5.28 Å². The third-order valence-corrected chi connectivity index (χ3v) is 1.68. The molecule has 1 aromatic rings. The van der Waals surface area contributed by atoms with Crippen molar-refractivity contribution in [3.05, 3.63) is 22.2 Å². The second kappa shape index (κ2) is 5.03. The highest BCUT2D eigenvalue weighted by atomic mass is 35.5. The Morgan fingerprint density at radius 1 is 1.46 bits per heavy atom. The van der Waals surface area contributed by atoms with Gasteiger partial charge in [-0.05, 0) is 11.6 Å². The van der Waals surface area contributed by atoms with Crippen LogP contribution in [-0.2, 0) is 0 Å². The minimum atomic E-state index is 0.120. The lowest BCUT2D eigenvalue weighted by molar-refractivity contribution is 1.03. The molecular formula is C8H7Cl2N3. The van der Waals surface area contributed by atoms with Crippen LogP contribution in [0.25, 0.3) is 0 Å². The summed E-state index contributed by atoms with van der Waals surface area (Å²) in [5.41, 5.74) is 5.84. The van der Waals surface area contributed by atoms with E-state index >= 15 is 0 Å². The standard InChI is InChI=1S/C8H7Cl2N3/c9-7-6(3-1-2-4-11)5-12-8(10)13-7/h5H,2,4,11H2. The van der Waals surface area contributed by atoms with E-state index in [1.54, 1.807) is 0 Å². The zero-order chi connectivity index (χ0) is 9.68. The maximum absolute atomic E-state index is 5.74. The quantitative estimate of drug-likeness (QED) is 0.439. The average molecular weight is 216 g/mol. The third kappa shape index (κ3) is 3.19. The molecular weight excluding hydrogens is 209 g/mol. The number of rotatable bonds is 1. The maximum atomic E-state index is 5.74. The number of aromatic nitrogens is 2. The zero-order valence-electron chi connectivity index (χ0n) is 6.72. The van der Waals surface area contributed by atoms with E-state index in [1.165, 1.54) is 6.20 Å². The molecule has 0 unspecified atom stereocenters. The van der Waals surface area contributed by atoms with Gasteiger partial charge < -0.3 is 5.73 Å². The molecule has 13 heavy (non-hydrogen) atoms. The molecule has 0 bridgehead atoms. The predicted octanol–water partition coefficient (Wildman–Crippen LogP) is 1.48. The fourth-order valence-electron chi connectivity index (χ4n) is 0.655. The first kappa shape index (κ1) is 10.3. The van der Waals surface area contributed by atoms with Crippen LogP contribution in [0.3, 0.4) is 0 Å². The summed E-state index contributed by atoms with van der Waals surface area (Å²) < 4.78 is 0. The van der Waals surface area contributed by atoms with Crippen molar-refractivity contribution in [2.75, 3.05) is 6.54 Å². The molecule has 1 heterocycles. The van der Waals surface area contributed by atoms with Gasteiger partial charge in [0.25, 0.3) is 0 Å². The Morgan fingerprint density at radius 3 is 2.85 bits per heavy atom. The van der Waals surface area contributed by atoms with E-state index in [0.717, 1.165) is 0 Å². The Kier molecular flexibility index (Phi) is 3.97. The molecule has 0 saturated heterocycles. The lowest BCUT2D eigenvalue weighted by Crippen LogP contribution is -1.95. The van der Waals surface area contributed by atoms with Crippen molar-refractivity contribution in [1.82, 2.24) is 9.97 Å². The van der Waals surface area contributed by atoms with Crippen molar-refractivity contribution in [1.29, 1.82) is 0 Å². The fourth-order valence-corrected chi connectivity index (χ4v) is 1.01. The van der Waals surface area contributed by atoms with Crippen LogP contribution in [0.15, 0.2) is 6.20 Å². The minimum absolute atomic E-state index is 0.120. The first-order valence-corrected chi connectivity index (χ1v) is 4.36. The SMILES string of the molecule is NCCC#Cc1cnc(Cl)nc1Cl. The van der Waals surface area contributed by atoms with Crippen molar-refractivity contribution >= 4 is 23.2 Å². The molecule has 0 spiro atoms. The second-order valence-electron chi connectivity index (χ2n) is 2.18. The van der Waals surface area contributed by atoms with Crippen molar-refractivity contribution in [3.8, 4) is 11.8 Å². The van der Waals surface area contributed by atoms with Gasteiger partial charge in [-0.25, -0.2) is 9.97 Å². The van der Waals surface area contributed by atoms with Crippen LogP contribution in [0.5, 0.6) is 0 Å². The Morgan fingerprint density at radius 2 is 2.23 bits per heavy atom. The van der Waals surface area contributed by atoms with Crippen LogP contribution < -0.4 is 5.73 Å². The molecule has 0 aliphatic rings. The van der Waals surface area contributed by atoms with E-state index in [2.05, 4.69) is 21.8 Å². The number of hydrogen-bond acceptors (Lipinski definition) is 3. The largest absolute Gasteiger partial charge is 0.330 e. The van der Waals surface area contributed by atoms with Gasteiger partial charge in [0.15, 0.2) is 0 Å². The van der Waals surface area contributed by atoms with Crippen molar-refractivity contribution in [2.45, 2.75) is 6.42 Å². The summed E-state index contributed by atoms with van der Waals surface area (Å²) >= 11 is 11.2. The van der Waals surface area contributed by atoms with Gasteiger partial charge in [-0.2, -0.15) is 0 Å². The molecule has 0 fully saturated rings. The summed E-state index contributed by atoms with van der Waals surface area (Å²) in [6, 6.07) is 0. The minimum Gasteiger partial charge on any atom is -0.330 e. The van der Waals surface area contributed by atoms with Crippen molar-refractivity contribution in [3.63, 3.8) is 0 Å². The maximum Gasteiger partial charge on any atom is 0.223 e. The van der Waals surface area contributed by atoms with Gasteiger partial charge in [-0.3, -0.25) is 0 Å². The number of hydrogen-bond donors (Lipinski definition) is 1. The molecule has 0 saturated carbocycles. The topological polar surface area (TPSA) is 51.8 Å². The summed E-state index contributed by atoms with van der Waals surface area (Å²) in [7, 11) is 0. The molecule has 0 aliphatic carbocycles. The highest BCUT2D eigenvalue weighted by molar-refractivity contribution is 6.32. The lowest BCUT2D eigenvalue weighted by atomic mass is 10.3. The molecule has 0 radical (unpaired) electrons. The fraction of sp³-hybridized carbons (Fsp3) is 0.250. The molecule has 1 aromatic heterocycles. The molecule has 0 amide bonds. The monoisotopic (exact) mass is 215 g/mol. The van der Waals surface area contributed by atoms with Gasteiger partial charge in [0, 0.05) is 19.2 Å². The highest BCUT2D eigenvalue weighted by Crippen LogP contribution is 2.12. The van der Waals surface area contributed by atoms with Crippen LogP contribution >= 0.6 is 23.2 Å². The Hall–Kier alpha value is -0.820. The zero-order valence-corrected chi connectivity index (χ0v) is 8.23. The molecule has 2 N–H and O–H groups in total. The van der Waals surface area contributed by atoms with Gasteiger partial charge in [-0.1, -0.05) is 23.4 Å². The van der Waals surface area contributed by atoms with Gasteiger partial charge in [0.1, 0.15) is 5.15 Å². The highest BCUT2D eigenvalue weighted by Gasteiger charge is 1.99. The number of nitrogens with zero attached hydrogens (tertiary/aromatic N) is 2. The van der Waals surface area contributed by atoms with E-state index in [0.29, 0.717) is 18.5 Å². The second-order valence-corrected chi connectivity index (χ2v) is 2.88. The predicted molar refractivity (Wildman–Crippen MR) is 52.6 cm³/mol. The Labute approximate surface area is 86.3 Å². The third-order valence-electron chi connectivity index (χ3n) is 1.21. The lowest BCUT2D eigenvalue weighted by Gasteiger charge is -1.93. The molecule has 0 aromatic carbocycles. The van der Waals surface area contributed by atoms with E-state index in [1.807, 2.05) is 0 Å². The van der Waals surface area contributed by atoms with E-state index < -0.39 is 0 Å². The molecule has 0 aliphatic heterocycles. The Bertz CT molecular complexity index is 354. The number of nitrogens with two attached hydrogens (primary N) is 1. The van der Waals surface area contributed by atoms with Crippen LogP contribution in [0.1, 0.15) is 12.0 Å². The van der Waals surface area contributed by atoms with E-state index in [-0.39, 0.29) is 10.4 Å². The van der Waals surface area contributed by atoms with Crippen LogP contribution in [0.2, 0.25) is 10.4 Å². The smallest absolute Gasteiger partial charge is 0.223 e. The van der Waals surface area contributed by atoms with E-state index in [9.17, 15) is 0 Å². The summed E-state index contributed by atoms with van der Waals surface area (Å²) in [6.45, 7) is 0.527. The van der Waals surface area contributed by atoms with Crippen molar-refractivity contribution < 1.29 is 0 Å². The summed E-state index contributed by atoms with van der Waals surface area (Å²) in [5.74, 6) is 5.62. The Balaban J connectivity index is 2.85. The van der Waals surface area contributed by atoms with Gasteiger partial charge in [0.05, 0.1) is 5.56 Å². The first-order chi connectivity index (χ1) is 6.24. The average Bonchev–Trinajstić information content (AvgIpc) is 2.09. The van der Waals surface area contributed by atoms with Crippen LogP contribution in [0, 0.1) is 11.8 Å². The van der Waals surface area contributed by atoms with Crippen LogP contribution in [-0.4, -0.2) is 16.5 Å². The summed E-state index contributed by atoms with van der Waals surface area (Å²) in [6.07, 6.45) is 2.11. The molecule has 5 heteroatoms. The van der Waals surface area contributed by atoms with Gasteiger partial charge in [-0.15, -0.1) is 0 Å². The molecule has 0 atom stereocenters. The van der Waals surface area contributed by atoms with Gasteiger partial charge >= 0.3 is 0 Å². The normalized spacial score (nSPS) is 9.15. The van der Waals surface area contributed by atoms with Crippen LogP contribution in [0.4, 0.5) is 0 Å². The first-order valence-electron chi connectivity index (χ1n) is 3.61. The molecule has 3 nitrogen and oxygen atoms in total. The molecule has 1 rings (SSSR count).